The van der Waals surface area contributed by atoms with Gasteiger partial charge >= 0.3 is 0 Å². The lowest BCUT2D eigenvalue weighted by molar-refractivity contribution is 0.160. The summed E-state index contributed by atoms with van der Waals surface area (Å²) in [5.41, 5.74) is 1.16. The normalized spacial score (nSPS) is 19.6. The molecule has 4 heteroatoms. The first-order valence-corrected chi connectivity index (χ1v) is 7.45. The number of hydrogen-bond donors (Lipinski definition) is 1. The number of aryl methyl sites for hydroxylation is 1. The smallest absolute Gasteiger partial charge is 0.0944 e. The number of thiazole rings is 1. The molecule has 0 bridgehead atoms. The molecule has 2 rings (SSSR count). The molecule has 96 valence electrons. The Bertz CT molecular complexity index is 360. The summed E-state index contributed by atoms with van der Waals surface area (Å²) in [6.07, 6.45) is 3.80. The van der Waals surface area contributed by atoms with E-state index in [2.05, 4.69) is 23.7 Å². The average Bonchev–Trinajstić information content (AvgIpc) is 2.75. The third-order valence-corrected chi connectivity index (χ3v) is 4.76. The Kier molecular flexibility index (Phi) is 4.54. The summed E-state index contributed by atoms with van der Waals surface area (Å²) in [6, 6.07) is 0. The van der Waals surface area contributed by atoms with Crippen molar-refractivity contribution in [2.75, 3.05) is 19.6 Å². The molecule has 0 fully saturated rings. The summed E-state index contributed by atoms with van der Waals surface area (Å²) in [5, 5.41) is 11.1. The lowest BCUT2D eigenvalue weighted by atomic mass is 10.0. The molecule has 1 unspecified atom stereocenters. The van der Waals surface area contributed by atoms with Gasteiger partial charge in [0, 0.05) is 13.0 Å². The van der Waals surface area contributed by atoms with E-state index >= 15 is 0 Å². The zero-order valence-electron chi connectivity index (χ0n) is 10.8. The fourth-order valence-corrected chi connectivity index (χ4v) is 3.47. The minimum absolute atomic E-state index is 0.251. The van der Waals surface area contributed by atoms with Crippen molar-refractivity contribution < 1.29 is 5.11 Å². The Labute approximate surface area is 107 Å². The van der Waals surface area contributed by atoms with Gasteiger partial charge in [0.05, 0.1) is 21.7 Å². The van der Waals surface area contributed by atoms with Crippen molar-refractivity contribution >= 4 is 11.3 Å². The third-order valence-electron chi connectivity index (χ3n) is 3.50. The van der Waals surface area contributed by atoms with Crippen molar-refractivity contribution in [3.8, 4) is 0 Å². The Balaban J connectivity index is 1.98. The molecule has 0 saturated carbocycles. The molecule has 0 amide bonds. The Morgan fingerprint density at radius 1 is 1.41 bits per heavy atom. The van der Waals surface area contributed by atoms with Crippen LogP contribution in [0.1, 0.15) is 48.4 Å². The zero-order chi connectivity index (χ0) is 12.3. The lowest BCUT2D eigenvalue weighted by Gasteiger charge is -2.16. The number of fused-ring (bicyclic) bond motifs is 1. The van der Waals surface area contributed by atoms with Gasteiger partial charge in [-0.3, -0.25) is 0 Å². The predicted octanol–water partition coefficient (Wildman–Crippen LogP) is 2.40. The molecule has 1 heterocycles. The molecule has 0 radical (unpaired) electrons. The van der Waals surface area contributed by atoms with Gasteiger partial charge in [0.15, 0.2) is 0 Å². The van der Waals surface area contributed by atoms with Crippen molar-refractivity contribution in [3.63, 3.8) is 0 Å². The Hall–Kier alpha value is -0.450. The molecular weight excluding hydrogens is 232 g/mol. The van der Waals surface area contributed by atoms with E-state index in [9.17, 15) is 5.11 Å². The standard InChI is InChI=1S/C13H22N2OS/c1-3-15(4-2)9-8-12-14-10-6-5-7-11(16)13(10)17-12/h11,16H,3-9H2,1-2H3. The Morgan fingerprint density at radius 3 is 2.82 bits per heavy atom. The highest BCUT2D eigenvalue weighted by Gasteiger charge is 2.22. The maximum absolute atomic E-state index is 9.90. The second-order valence-electron chi connectivity index (χ2n) is 4.60. The molecule has 1 aromatic rings. The van der Waals surface area contributed by atoms with E-state index in [4.69, 9.17) is 0 Å². The maximum Gasteiger partial charge on any atom is 0.0944 e. The molecule has 1 atom stereocenters. The molecule has 0 saturated heterocycles. The molecule has 17 heavy (non-hydrogen) atoms. The van der Waals surface area contributed by atoms with Crippen LogP contribution in [-0.4, -0.2) is 34.6 Å². The van der Waals surface area contributed by atoms with Crippen molar-refractivity contribution in [2.45, 2.75) is 45.6 Å². The third kappa shape index (κ3) is 3.06. The number of hydrogen-bond acceptors (Lipinski definition) is 4. The summed E-state index contributed by atoms with van der Waals surface area (Å²) in [4.78, 5) is 8.22. The van der Waals surface area contributed by atoms with E-state index in [1.807, 2.05) is 0 Å². The van der Waals surface area contributed by atoms with E-state index in [0.717, 1.165) is 55.9 Å². The minimum atomic E-state index is -0.251. The van der Waals surface area contributed by atoms with Crippen LogP contribution in [0.4, 0.5) is 0 Å². The number of likely N-dealkylation sites (N-methyl/N-ethyl adjacent to an activating group) is 1. The number of rotatable bonds is 5. The van der Waals surface area contributed by atoms with E-state index in [0.29, 0.717) is 0 Å². The Morgan fingerprint density at radius 2 is 2.18 bits per heavy atom. The van der Waals surface area contributed by atoms with E-state index in [-0.39, 0.29) is 6.10 Å². The largest absolute Gasteiger partial charge is 0.388 e. The number of nitrogens with zero attached hydrogens (tertiary/aromatic N) is 2. The monoisotopic (exact) mass is 254 g/mol. The first-order chi connectivity index (χ1) is 8.24. The first kappa shape index (κ1) is 13.0. The summed E-state index contributed by atoms with van der Waals surface area (Å²) >= 11 is 1.72. The molecule has 1 aliphatic carbocycles. The van der Waals surface area contributed by atoms with Gasteiger partial charge in [-0.15, -0.1) is 11.3 Å². The molecule has 0 aliphatic heterocycles. The SMILES string of the molecule is CCN(CC)CCc1nc2c(s1)C(O)CCC2. The summed E-state index contributed by atoms with van der Waals surface area (Å²) in [5.74, 6) is 0. The van der Waals surface area contributed by atoms with Crippen LogP contribution in [0.2, 0.25) is 0 Å². The van der Waals surface area contributed by atoms with Crippen LogP contribution in [-0.2, 0) is 12.8 Å². The van der Waals surface area contributed by atoms with Gasteiger partial charge in [-0.25, -0.2) is 4.98 Å². The second kappa shape index (κ2) is 5.94. The minimum Gasteiger partial charge on any atom is -0.388 e. The zero-order valence-corrected chi connectivity index (χ0v) is 11.6. The van der Waals surface area contributed by atoms with E-state index < -0.39 is 0 Å². The fourth-order valence-electron chi connectivity index (χ4n) is 2.35. The highest BCUT2D eigenvalue weighted by molar-refractivity contribution is 7.11. The van der Waals surface area contributed by atoms with Crippen molar-refractivity contribution in [3.05, 3.63) is 15.6 Å². The maximum atomic E-state index is 9.90. The van der Waals surface area contributed by atoms with E-state index in [1.54, 1.807) is 11.3 Å². The molecule has 1 aliphatic rings. The van der Waals surface area contributed by atoms with Crippen LogP contribution in [0.3, 0.4) is 0 Å². The molecular formula is C13H22N2OS. The predicted molar refractivity (Wildman–Crippen MR) is 71.5 cm³/mol. The fraction of sp³-hybridized carbons (Fsp3) is 0.769. The van der Waals surface area contributed by atoms with Crippen molar-refractivity contribution in [1.29, 1.82) is 0 Å². The molecule has 0 aromatic carbocycles. The van der Waals surface area contributed by atoms with Gasteiger partial charge in [0.2, 0.25) is 0 Å². The van der Waals surface area contributed by atoms with Crippen molar-refractivity contribution in [2.24, 2.45) is 0 Å². The quantitative estimate of drug-likeness (QED) is 0.876. The van der Waals surface area contributed by atoms with Crippen LogP contribution in [0.25, 0.3) is 0 Å². The highest BCUT2D eigenvalue weighted by atomic mass is 32.1. The van der Waals surface area contributed by atoms with E-state index in [1.165, 1.54) is 5.01 Å². The first-order valence-electron chi connectivity index (χ1n) is 6.63. The average molecular weight is 254 g/mol. The van der Waals surface area contributed by atoms with Crippen LogP contribution < -0.4 is 0 Å². The number of aliphatic hydroxyl groups excluding tert-OH is 1. The number of aromatic nitrogens is 1. The van der Waals surface area contributed by atoms with Crippen LogP contribution >= 0.6 is 11.3 Å². The summed E-state index contributed by atoms with van der Waals surface area (Å²) in [6.45, 7) is 7.67. The van der Waals surface area contributed by atoms with Gasteiger partial charge in [-0.2, -0.15) is 0 Å². The molecule has 0 spiro atoms. The van der Waals surface area contributed by atoms with Gasteiger partial charge in [0.25, 0.3) is 0 Å². The molecule has 1 N–H and O–H groups in total. The van der Waals surface area contributed by atoms with Crippen LogP contribution in [0, 0.1) is 0 Å². The molecule has 1 aromatic heterocycles. The summed E-state index contributed by atoms with van der Waals surface area (Å²) in [7, 11) is 0. The van der Waals surface area contributed by atoms with Gasteiger partial charge < -0.3 is 10.0 Å². The van der Waals surface area contributed by atoms with Crippen LogP contribution in [0.5, 0.6) is 0 Å². The van der Waals surface area contributed by atoms with Crippen LogP contribution in [0.15, 0.2) is 0 Å². The second-order valence-corrected chi connectivity index (χ2v) is 5.72. The number of aliphatic hydroxyl groups is 1. The summed E-state index contributed by atoms with van der Waals surface area (Å²) < 4.78 is 0. The molecule has 3 nitrogen and oxygen atoms in total. The lowest BCUT2D eigenvalue weighted by Crippen LogP contribution is -2.25. The van der Waals surface area contributed by atoms with Gasteiger partial charge in [0.1, 0.15) is 0 Å². The van der Waals surface area contributed by atoms with Gasteiger partial charge in [-0.1, -0.05) is 13.8 Å². The van der Waals surface area contributed by atoms with Crippen molar-refractivity contribution in [1.82, 2.24) is 9.88 Å². The highest BCUT2D eigenvalue weighted by Crippen LogP contribution is 2.34. The topological polar surface area (TPSA) is 36.4 Å². The van der Waals surface area contributed by atoms with Gasteiger partial charge in [-0.05, 0) is 32.4 Å².